The van der Waals surface area contributed by atoms with E-state index in [1.54, 1.807) is 0 Å². The van der Waals surface area contributed by atoms with Crippen LogP contribution in [-0.2, 0) is 6.42 Å². The van der Waals surface area contributed by atoms with Gasteiger partial charge in [-0.05, 0) is 38.0 Å². The van der Waals surface area contributed by atoms with Gasteiger partial charge in [0.1, 0.15) is 0 Å². The number of nitrogens with one attached hydrogen (secondary N) is 2. The van der Waals surface area contributed by atoms with E-state index in [4.69, 9.17) is 0 Å². The van der Waals surface area contributed by atoms with Crippen molar-refractivity contribution in [1.29, 1.82) is 0 Å². The van der Waals surface area contributed by atoms with Crippen LogP contribution in [0, 0.1) is 6.92 Å². The molecule has 0 fully saturated rings. The van der Waals surface area contributed by atoms with Crippen LogP contribution in [0.25, 0.3) is 0 Å². The Kier molecular flexibility index (Phi) is 4.77. The van der Waals surface area contributed by atoms with Gasteiger partial charge in [0, 0.05) is 11.7 Å². The number of anilines is 1. The third kappa shape index (κ3) is 4.43. The Hall–Kier alpha value is -2.29. The van der Waals surface area contributed by atoms with Crippen LogP contribution in [-0.4, -0.2) is 12.1 Å². The number of amides is 2. The van der Waals surface area contributed by atoms with Gasteiger partial charge in [-0.1, -0.05) is 48.0 Å². The van der Waals surface area contributed by atoms with Gasteiger partial charge in [0.25, 0.3) is 0 Å². The second-order valence-corrected chi connectivity index (χ2v) is 5.06. The Morgan fingerprint density at radius 2 is 1.85 bits per heavy atom. The fraction of sp³-hybridized carbons (Fsp3) is 0.235. The second-order valence-electron chi connectivity index (χ2n) is 5.06. The van der Waals surface area contributed by atoms with E-state index in [1.807, 2.05) is 43.3 Å². The fourth-order valence-corrected chi connectivity index (χ4v) is 2.16. The fourth-order valence-electron chi connectivity index (χ4n) is 2.16. The van der Waals surface area contributed by atoms with Crippen LogP contribution in [0.1, 0.15) is 18.1 Å². The van der Waals surface area contributed by atoms with Crippen molar-refractivity contribution in [2.45, 2.75) is 26.3 Å². The van der Waals surface area contributed by atoms with Crippen LogP contribution < -0.4 is 10.6 Å². The summed E-state index contributed by atoms with van der Waals surface area (Å²) < 4.78 is 0. The van der Waals surface area contributed by atoms with Crippen LogP contribution in [0.15, 0.2) is 54.6 Å². The molecule has 3 nitrogen and oxygen atoms in total. The Labute approximate surface area is 120 Å². The predicted molar refractivity (Wildman–Crippen MR) is 82.9 cm³/mol. The average Bonchev–Trinajstić information content (AvgIpc) is 2.39. The molecule has 0 aliphatic heterocycles. The van der Waals surface area contributed by atoms with Crippen molar-refractivity contribution >= 4 is 11.7 Å². The lowest BCUT2D eigenvalue weighted by Gasteiger charge is -2.15. The summed E-state index contributed by atoms with van der Waals surface area (Å²) in [4.78, 5) is 11.9. The molecule has 0 radical (unpaired) electrons. The van der Waals surface area contributed by atoms with E-state index in [0.29, 0.717) is 0 Å². The van der Waals surface area contributed by atoms with Gasteiger partial charge >= 0.3 is 6.03 Å². The number of hydrogen-bond acceptors (Lipinski definition) is 1. The monoisotopic (exact) mass is 268 g/mol. The maximum Gasteiger partial charge on any atom is 0.319 e. The zero-order valence-electron chi connectivity index (χ0n) is 11.9. The highest BCUT2D eigenvalue weighted by Gasteiger charge is 2.08. The van der Waals surface area contributed by atoms with E-state index in [1.165, 1.54) is 11.1 Å². The highest BCUT2D eigenvalue weighted by atomic mass is 16.2. The summed E-state index contributed by atoms with van der Waals surface area (Å²) in [6, 6.07) is 17.7. The minimum atomic E-state index is -0.170. The SMILES string of the molecule is Cc1cccc(CC(C)NC(=O)Nc2ccccc2)c1. The molecule has 2 amide bonds. The van der Waals surface area contributed by atoms with Gasteiger partial charge in [0.05, 0.1) is 0 Å². The largest absolute Gasteiger partial charge is 0.335 e. The van der Waals surface area contributed by atoms with Crippen molar-refractivity contribution < 1.29 is 4.79 Å². The Morgan fingerprint density at radius 3 is 2.55 bits per heavy atom. The average molecular weight is 268 g/mol. The molecule has 104 valence electrons. The number of carbonyl (C=O) groups is 1. The van der Waals surface area contributed by atoms with Gasteiger partial charge in [-0.3, -0.25) is 0 Å². The minimum Gasteiger partial charge on any atom is -0.335 e. The maximum absolute atomic E-state index is 11.9. The molecule has 0 heterocycles. The molecule has 3 heteroatoms. The maximum atomic E-state index is 11.9. The Morgan fingerprint density at radius 1 is 1.10 bits per heavy atom. The standard InChI is InChI=1S/C17H20N2O/c1-13-7-6-8-15(11-13)12-14(2)18-17(20)19-16-9-4-3-5-10-16/h3-11,14H,12H2,1-2H3,(H2,18,19,20). The van der Waals surface area contributed by atoms with Crippen molar-refractivity contribution in [3.8, 4) is 0 Å². The molecule has 0 aromatic heterocycles. The first kappa shape index (κ1) is 14.1. The molecule has 1 atom stereocenters. The molecule has 0 aliphatic rings. The number of aryl methyl sites for hydroxylation is 1. The molecule has 0 saturated heterocycles. The van der Waals surface area contributed by atoms with E-state index in [2.05, 4.69) is 35.8 Å². The number of carbonyl (C=O) groups excluding carboxylic acids is 1. The molecule has 20 heavy (non-hydrogen) atoms. The molecule has 2 rings (SSSR count). The van der Waals surface area contributed by atoms with Crippen molar-refractivity contribution in [3.63, 3.8) is 0 Å². The van der Waals surface area contributed by atoms with E-state index in [-0.39, 0.29) is 12.1 Å². The van der Waals surface area contributed by atoms with E-state index in [9.17, 15) is 4.79 Å². The molecule has 1 unspecified atom stereocenters. The molecule has 0 saturated carbocycles. The summed E-state index contributed by atoms with van der Waals surface area (Å²) in [5, 5.41) is 5.77. The first-order chi connectivity index (χ1) is 9.63. The van der Waals surface area contributed by atoms with E-state index >= 15 is 0 Å². The van der Waals surface area contributed by atoms with Crippen molar-refractivity contribution in [3.05, 3.63) is 65.7 Å². The summed E-state index contributed by atoms with van der Waals surface area (Å²) in [5.41, 5.74) is 3.27. The molecule has 0 bridgehead atoms. The lowest BCUT2D eigenvalue weighted by Crippen LogP contribution is -2.37. The van der Waals surface area contributed by atoms with Gasteiger partial charge in [-0.25, -0.2) is 4.79 Å². The molecule has 2 aromatic carbocycles. The molecular weight excluding hydrogens is 248 g/mol. The lowest BCUT2D eigenvalue weighted by molar-refractivity contribution is 0.249. The summed E-state index contributed by atoms with van der Waals surface area (Å²) in [5.74, 6) is 0. The van der Waals surface area contributed by atoms with Crippen LogP contribution in [0.5, 0.6) is 0 Å². The molecule has 2 aromatic rings. The van der Waals surface area contributed by atoms with Crippen LogP contribution in [0.2, 0.25) is 0 Å². The lowest BCUT2D eigenvalue weighted by atomic mass is 10.1. The molecule has 0 aliphatic carbocycles. The normalized spacial score (nSPS) is 11.7. The predicted octanol–water partition coefficient (Wildman–Crippen LogP) is 3.75. The summed E-state index contributed by atoms with van der Waals surface area (Å²) in [6.45, 7) is 4.08. The molecule has 2 N–H and O–H groups in total. The van der Waals surface area contributed by atoms with Crippen LogP contribution in [0.3, 0.4) is 0 Å². The molecule has 0 spiro atoms. The summed E-state index contributed by atoms with van der Waals surface area (Å²) in [7, 11) is 0. The third-order valence-electron chi connectivity index (χ3n) is 3.03. The van der Waals surface area contributed by atoms with Gasteiger partial charge in [0.15, 0.2) is 0 Å². The van der Waals surface area contributed by atoms with E-state index < -0.39 is 0 Å². The zero-order valence-corrected chi connectivity index (χ0v) is 11.9. The smallest absolute Gasteiger partial charge is 0.319 e. The number of urea groups is 1. The first-order valence-electron chi connectivity index (χ1n) is 6.81. The van der Waals surface area contributed by atoms with Crippen molar-refractivity contribution in [2.24, 2.45) is 0 Å². The highest BCUT2D eigenvalue weighted by Crippen LogP contribution is 2.08. The van der Waals surface area contributed by atoms with Crippen molar-refractivity contribution in [2.75, 3.05) is 5.32 Å². The van der Waals surface area contributed by atoms with Gasteiger partial charge < -0.3 is 10.6 Å². The van der Waals surface area contributed by atoms with Gasteiger partial charge in [-0.2, -0.15) is 0 Å². The van der Waals surface area contributed by atoms with Gasteiger partial charge in [0.2, 0.25) is 0 Å². The minimum absolute atomic E-state index is 0.0838. The highest BCUT2D eigenvalue weighted by molar-refractivity contribution is 5.89. The quantitative estimate of drug-likeness (QED) is 0.871. The molecular formula is C17H20N2O. The van der Waals surface area contributed by atoms with Crippen LogP contribution in [0.4, 0.5) is 10.5 Å². The summed E-state index contributed by atoms with van der Waals surface area (Å²) in [6.07, 6.45) is 0.823. The van der Waals surface area contributed by atoms with E-state index in [0.717, 1.165) is 12.1 Å². The number of benzene rings is 2. The first-order valence-corrected chi connectivity index (χ1v) is 6.81. The van der Waals surface area contributed by atoms with Gasteiger partial charge in [-0.15, -0.1) is 0 Å². The second kappa shape index (κ2) is 6.75. The third-order valence-corrected chi connectivity index (χ3v) is 3.03. The Bertz CT molecular complexity index is 566. The van der Waals surface area contributed by atoms with Crippen LogP contribution >= 0.6 is 0 Å². The zero-order chi connectivity index (χ0) is 14.4. The number of rotatable bonds is 4. The van der Waals surface area contributed by atoms with Crippen molar-refractivity contribution in [1.82, 2.24) is 5.32 Å². The number of hydrogen-bond donors (Lipinski definition) is 2. The summed E-state index contributed by atoms with van der Waals surface area (Å²) >= 11 is 0. The Balaban J connectivity index is 1.85. The topological polar surface area (TPSA) is 41.1 Å². The number of para-hydroxylation sites is 1.